The summed E-state index contributed by atoms with van der Waals surface area (Å²) in [5.41, 5.74) is 3.25. The van der Waals surface area contributed by atoms with Crippen LogP contribution in [-0.2, 0) is 21.5 Å². The fraction of sp³-hybridized carbons (Fsp3) is 0.447. The number of alkyl halides is 2. The largest absolute Gasteiger partial charge is 0.371 e. The number of hydrogen-bond acceptors (Lipinski definition) is 7. The van der Waals surface area contributed by atoms with E-state index in [1.165, 1.54) is 0 Å². The number of fused-ring (bicyclic) bond motifs is 2. The first-order chi connectivity index (χ1) is 25.1. The number of urea groups is 1. The molecule has 2 unspecified atom stereocenters. The minimum absolute atomic E-state index is 0.0870. The lowest BCUT2D eigenvalue weighted by atomic mass is 9.74. The first-order valence-corrected chi connectivity index (χ1v) is 18.4. The fourth-order valence-electron chi connectivity index (χ4n) is 8.74. The Labute approximate surface area is 305 Å². The Morgan fingerprint density at radius 3 is 2.58 bits per heavy atom. The number of piperidine rings is 2. The van der Waals surface area contributed by atoms with E-state index in [9.17, 15) is 28.0 Å². The number of benzene rings is 2. The summed E-state index contributed by atoms with van der Waals surface area (Å²) in [5.74, 6) is -0.104. The van der Waals surface area contributed by atoms with Gasteiger partial charge in [0.1, 0.15) is 11.9 Å². The highest BCUT2D eigenvalue weighted by Gasteiger charge is 2.46. The van der Waals surface area contributed by atoms with E-state index in [0.717, 1.165) is 43.6 Å². The molecule has 272 valence electrons. The Hall–Kier alpha value is -4.78. The molecule has 5 amide bonds. The first-order valence-electron chi connectivity index (χ1n) is 18.0. The summed E-state index contributed by atoms with van der Waals surface area (Å²) in [6.07, 6.45) is 1.65. The number of rotatable bonds is 8. The number of amides is 5. The number of halogens is 3. The van der Waals surface area contributed by atoms with Crippen molar-refractivity contribution in [3.8, 4) is 0 Å². The summed E-state index contributed by atoms with van der Waals surface area (Å²) in [4.78, 5) is 63.2. The topological polar surface area (TPSA) is 118 Å². The van der Waals surface area contributed by atoms with Crippen molar-refractivity contribution >= 4 is 52.5 Å². The van der Waals surface area contributed by atoms with Gasteiger partial charge in [-0.1, -0.05) is 29.8 Å². The molecule has 3 aromatic rings. The van der Waals surface area contributed by atoms with Crippen molar-refractivity contribution in [2.45, 2.75) is 63.0 Å². The highest BCUT2D eigenvalue weighted by molar-refractivity contribution is 6.32. The van der Waals surface area contributed by atoms with Gasteiger partial charge in [0.2, 0.25) is 18.2 Å². The van der Waals surface area contributed by atoms with Crippen molar-refractivity contribution in [1.29, 1.82) is 0 Å². The predicted octanol–water partition coefficient (Wildman–Crippen LogP) is 5.41. The second-order valence-electron chi connectivity index (χ2n) is 14.5. The van der Waals surface area contributed by atoms with E-state index in [2.05, 4.69) is 20.5 Å². The Kier molecular flexibility index (Phi) is 9.01. The van der Waals surface area contributed by atoms with Gasteiger partial charge < -0.3 is 20.0 Å². The van der Waals surface area contributed by atoms with Gasteiger partial charge in [-0.2, -0.15) is 0 Å². The van der Waals surface area contributed by atoms with E-state index in [4.69, 9.17) is 11.6 Å². The molecule has 0 saturated carbocycles. The summed E-state index contributed by atoms with van der Waals surface area (Å²) in [7, 11) is 0. The first kappa shape index (κ1) is 34.3. The number of carbonyl (C=O) groups excluding carboxylic acids is 4. The van der Waals surface area contributed by atoms with Crippen LogP contribution < -0.4 is 20.4 Å². The van der Waals surface area contributed by atoms with Crippen LogP contribution in [0.25, 0.3) is 0 Å². The molecular weight excluding hydrogens is 692 g/mol. The van der Waals surface area contributed by atoms with Gasteiger partial charge in [-0.05, 0) is 73.1 Å². The molecule has 2 aromatic carbocycles. The summed E-state index contributed by atoms with van der Waals surface area (Å²) in [6, 6.07) is 14.2. The van der Waals surface area contributed by atoms with Gasteiger partial charge in [0, 0.05) is 97.8 Å². The van der Waals surface area contributed by atoms with Crippen LogP contribution in [0.15, 0.2) is 54.7 Å². The molecule has 0 aliphatic carbocycles. The Morgan fingerprint density at radius 1 is 0.962 bits per heavy atom. The quantitative estimate of drug-likeness (QED) is 0.298. The molecular formula is C38H40ClF2N7O4. The Bertz CT molecular complexity index is 1940. The minimum atomic E-state index is -2.58. The molecule has 14 heteroatoms. The van der Waals surface area contributed by atoms with Gasteiger partial charge in [-0.25, -0.2) is 18.6 Å². The van der Waals surface area contributed by atoms with Crippen LogP contribution in [0.4, 0.5) is 30.8 Å². The monoisotopic (exact) mass is 731 g/mol. The van der Waals surface area contributed by atoms with E-state index in [1.807, 2.05) is 47.4 Å². The zero-order valence-electron chi connectivity index (χ0n) is 28.6. The summed E-state index contributed by atoms with van der Waals surface area (Å²) in [5, 5.41) is 5.91. The van der Waals surface area contributed by atoms with Gasteiger partial charge in [-0.15, -0.1) is 0 Å². The number of pyridine rings is 1. The van der Waals surface area contributed by atoms with Gasteiger partial charge in [0.15, 0.2) is 0 Å². The molecule has 2 N–H and O–H groups in total. The van der Waals surface area contributed by atoms with E-state index < -0.39 is 30.2 Å². The van der Waals surface area contributed by atoms with Crippen LogP contribution in [0.1, 0.15) is 65.6 Å². The van der Waals surface area contributed by atoms with Crippen LogP contribution in [0, 0.1) is 5.92 Å². The number of hydrogen-bond donors (Lipinski definition) is 2. The third-order valence-corrected chi connectivity index (χ3v) is 11.7. The molecule has 5 aliphatic heterocycles. The molecule has 0 spiro atoms. The number of anilines is 3. The number of carbonyl (C=O) groups is 4. The molecule has 3 saturated heterocycles. The van der Waals surface area contributed by atoms with Crippen molar-refractivity contribution in [3.63, 3.8) is 0 Å². The SMILES string of the molecule is O=C1CCC(N2Cc3ccc(N4CCC(CN5CCCN(c6cccc(C7(CC(F)F)CNc8nccc(Cl)c87)c6)C5=O)CC4)cc3C2=O)C(=O)N1. The molecule has 3 fully saturated rings. The second kappa shape index (κ2) is 13.6. The van der Waals surface area contributed by atoms with Gasteiger partial charge in [-0.3, -0.25) is 24.6 Å². The number of nitrogens with zero attached hydrogens (tertiary/aromatic N) is 5. The highest BCUT2D eigenvalue weighted by atomic mass is 35.5. The van der Waals surface area contributed by atoms with Crippen LogP contribution in [-0.4, -0.2) is 90.3 Å². The van der Waals surface area contributed by atoms with Crippen LogP contribution in [0.3, 0.4) is 0 Å². The molecule has 0 bridgehead atoms. The molecule has 8 rings (SSSR count). The smallest absolute Gasteiger partial charge is 0.324 e. The Morgan fingerprint density at radius 2 is 1.79 bits per heavy atom. The maximum atomic E-state index is 14.1. The number of imide groups is 1. The maximum Gasteiger partial charge on any atom is 0.324 e. The molecule has 5 aliphatic rings. The van der Waals surface area contributed by atoms with Crippen molar-refractivity contribution in [1.82, 2.24) is 20.1 Å². The molecule has 1 aromatic heterocycles. The molecule has 11 nitrogen and oxygen atoms in total. The van der Waals surface area contributed by atoms with Crippen molar-refractivity contribution in [3.05, 3.63) is 82.0 Å². The lowest BCUT2D eigenvalue weighted by Gasteiger charge is -2.40. The van der Waals surface area contributed by atoms with Crippen molar-refractivity contribution < 1.29 is 28.0 Å². The van der Waals surface area contributed by atoms with E-state index in [0.29, 0.717) is 71.7 Å². The Balaban J connectivity index is 0.917. The van der Waals surface area contributed by atoms with Crippen LogP contribution in [0.2, 0.25) is 5.02 Å². The lowest BCUT2D eigenvalue weighted by molar-refractivity contribution is -0.136. The molecule has 6 heterocycles. The summed E-state index contributed by atoms with van der Waals surface area (Å²) in [6.45, 7) is 3.95. The van der Waals surface area contributed by atoms with Gasteiger partial charge in [0.05, 0.1) is 0 Å². The third-order valence-electron chi connectivity index (χ3n) is 11.4. The van der Waals surface area contributed by atoms with E-state index in [1.54, 1.807) is 22.1 Å². The average Bonchev–Trinajstić information content (AvgIpc) is 3.67. The van der Waals surface area contributed by atoms with Crippen LogP contribution in [0.5, 0.6) is 0 Å². The molecule has 52 heavy (non-hydrogen) atoms. The highest BCUT2D eigenvalue weighted by Crippen LogP contribution is 2.48. The van der Waals surface area contributed by atoms with E-state index in [-0.39, 0.29) is 30.8 Å². The summed E-state index contributed by atoms with van der Waals surface area (Å²) < 4.78 is 28.2. The third kappa shape index (κ3) is 6.12. The number of aromatic nitrogens is 1. The van der Waals surface area contributed by atoms with Crippen molar-refractivity contribution in [2.24, 2.45) is 5.92 Å². The predicted molar refractivity (Wildman–Crippen MR) is 192 cm³/mol. The van der Waals surface area contributed by atoms with Crippen molar-refractivity contribution in [2.75, 3.05) is 54.4 Å². The average molecular weight is 732 g/mol. The van der Waals surface area contributed by atoms with Gasteiger partial charge >= 0.3 is 6.03 Å². The lowest BCUT2D eigenvalue weighted by Crippen LogP contribution is -2.52. The van der Waals surface area contributed by atoms with E-state index >= 15 is 0 Å². The zero-order valence-corrected chi connectivity index (χ0v) is 29.4. The maximum absolute atomic E-state index is 14.1. The number of nitrogens with one attached hydrogen (secondary N) is 2. The zero-order chi connectivity index (χ0) is 36.1. The van der Waals surface area contributed by atoms with Crippen LogP contribution >= 0.6 is 11.6 Å². The molecule has 0 radical (unpaired) electrons. The van der Waals surface area contributed by atoms with Gasteiger partial charge in [0.25, 0.3) is 5.91 Å². The normalized spacial score (nSPS) is 23.7. The summed E-state index contributed by atoms with van der Waals surface area (Å²) >= 11 is 6.59. The minimum Gasteiger partial charge on any atom is -0.371 e. The molecule has 2 atom stereocenters. The fourth-order valence-corrected chi connectivity index (χ4v) is 9.07. The standard InChI is InChI=1S/C38H40ClF2N7O4/c39-29-9-12-42-34-33(29)38(22-43-34,19-31(40)41)25-3-1-4-27(17-25)47-14-2-13-46(37(47)52)20-23-10-15-45(16-11-23)26-6-5-24-21-48(36(51)28(24)18-26)30-7-8-32(49)44-35(30)50/h1,3-6,9,12,17-18,23,30-31H,2,7-8,10-11,13-16,19-22H2,(H,42,43)(H,44,49,50). The second-order valence-corrected chi connectivity index (χ2v) is 14.9.